The van der Waals surface area contributed by atoms with Crippen LogP contribution < -0.4 is 10.1 Å². The van der Waals surface area contributed by atoms with Gasteiger partial charge in [-0.1, -0.05) is 18.2 Å². The summed E-state index contributed by atoms with van der Waals surface area (Å²) in [6.45, 7) is 0. The minimum absolute atomic E-state index is 0.0784. The van der Waals surface area contributed by atoms with Crippen molar-refractivity contribution in [3.05, 3.63) is 58.1 Å². The number of nitrogens with one attached hydrogen (secondary N) is 1. The number of sulfone groups is 1. The van der Waals surface area contributed by atoms with Gasteiger partial charge in [0.15, 0.2) is 16.7 Å². The quantitative estimate of drug-likeness (QED) is 0.569. The molecular weight excluding hydrogens is 438 g/mol. The SMILES string of the molecule is CS(=O)(=O)CCc1csc(Nc2ncc(Br)cc2Oc2ccccc2)n1. The molecule has 0 bridgehead atoms. The molecule has 3 aromatic rings. The highest BCUT2D eigenvalue weighted by molar-refractivity contribution is 9.10. The predicted octanol–water partition coefficient (Wildman–Crippen LogP) is 4.42. The van der Waals surface area contributed by atoms with E-state index in [-0.39, 0.29) is 5.75 Å². The Kier molecular flexibility index (Phi) is 5.90. The number of hydrogen-bond acceptors (Lipinski definition) is 7. The van der Waals surface area contributed by atoms with E-state index in [4.69, 9.17) is 4.74 Å². The number of aromatic nitrogens is 2. The van der Waals surface area contributed by atoms with Crippen LogP contribution in [0.4, 0.5) is 10.9 Å². The Bertz CT molecular complexity index is 991. The minimum atomic E-state index is -3.01. The molecule has 3 rings (SSSR count). The van der Waals surface area contributed by atoms with Crippen molar-refractivity contribution in [2.75, 3.05) is 17.3 Å². The predicted molar refractivity (Wildman–Crippen MR) is 107 cm³/mol. The summed E-state index contributed by atoms with van der Waals surface area (Å²) in [7, 11) is -3.01. The van der Waals surface area contributed by atoms with Gasteiger partial charge in [0.2, 0.25) is 0 Å². The van der Waals surface area contributed by atoms with Crippen LogP contribution >= 0.6 is 27.3 Å². The number of benzene rings is 1. The Balaban J connectivity index is 1.76. The molecule has 1 aromatic carbocycles. The summed E-state index contributed by atoms with van der Waals surface area (Å²) >= 11 is 4.79. The van der Waals surface area contributed by atoms with Gasteiger partial charge in [-0.25, -0.2) is 18.4 Å². The molecule has 0 radical (unpaired) electrons. The second-order valence-corrected chi connectivity index (χ2v) is 9.60. The molecule has 0 aliphatic heterocycles. The molecule has 0 unspecified atom stereocenters. The summed E-state index contributed by atoms with van der Waals surface area (Å²) in [6.07, 6.45) is 3.27. The lowest BCUT2D eigenvalue weighted by atomic mass is 10.3. The van der Waals surface area contributed by atoms with Crippen molar-refractivity contribution < 1.29 is 13.2 Å². The molecule has 136 valence electrons. The first kappa shape index (κ1) is 18.8. The van der Waals surface area contributed by atoms with Gasteiger partial charge >= 0.3 is 0 Å². The van der Waals surface area contributed by atoms with Crippen LogP contribution in [0.25, 0.3) is 0 Å². The summed E-state index contributed by atoms with van der Waals surface area (Å²) in [5.74, 6) is 1.86. The van der Waals surface area contributed by atoms with Crippen LogP contribution in [-0.4, -0.2) is 30.4 Å². The maximum Gasteiger partial charge on any atom is 0.188 e. The Hall–Kier alpha value is -1.97. The molecule has 0 saturated carbocycles. The topological polar surface area (TPSA) is 81.2 Å². The molecule has 6 nitrogen and oxygen atoms in total. The van der Waals surface area contributed by atoms with Crippen LogP contribution in [-0.2, 0) is 16.3 Å². The molecule has 0 spiro atoms. The number of pyridine rings is 1. The molecule has 0 fully saturated rings. The maximum atomic E-state index is 11.3. The van der Waals surface area contributed by atoms with Crippen LogP contribution in [0.2, 0.25) is 0 Å². The third-order valence-electron chi connectivity index (χ3n) is 3.30. The van der Waals surface area contributed by atoms with E-state index in [0.29, 0.717) is 28.9 Å². The number of nitrogens with zero attached hydrogens (tertiary/aromatic N) is 2. The van der Waals surface area contributed by atoms with Gasteiger partial charge in [-0.3, -0.25) is 0 Å². The van der Waals surface area contributed by atoms with Gasteiger partial charge in [0.05, 0.1) is 11.4 Å². The lowest BCUT2D eigenvalue weighted by Crippen LogP contribution is -2.06. The van der Waals surface area contributed by atoms with Gasteiger partial charge in [0.1, 0.15) is 15.6 Å². The second-order valence-electron chi connectivity index (χ2n) is 5.56. The largest absolute Gasteiger partial charge is 0.453 e. The van der Waals surface area contributed by atoms with E-state index in [1.54, 1.807) is 6.20 Å². The van der Waals surface area contributed by atoms with Gasteiger partial charge in [0.25, 0.3) is 0 Å². The van der Waals surface area contributed by atoms with Gasteiger partial charge < -0.3 is 10.1 Å². The number of anilines is 2. The molecular formula is C17H16BrN3O3S2. The fourth-order valence-corrected chi connectivity index (χ4v) is 3.71. The fraction of sp³-hybridized carbons (Fsp3) is 0.176. The third-order valence-corrected chi connectivity index (χ3v) is 5.48. The zero-order valence-corrected chi connectivity index (χ0v) is 17.1. The van der Waals surface area contributed by atoms with Crippen molar-refractivity contribution >= 4 is 48.1 Å². The zero-order chi connectivity index (χ0) is 18.6. The Morgan fingerprint density at radius 3 is 2.77 bits per heavy atom. The van der Waals surface area contributed by atoms with Crippen molar-refractivity contribution in [1.82, 2.24) is 9.97 Å². The monoisotopic (exact) mass is 453 g/mol. The highest BCUT2D eigenvalue weighted by atomic mass is 79.9. The molecule has 0 saturated heterocycles. The molecule has 0 aliphatic rings. The number of hydrogen-bond donors (Lipinski definition) is 1. The average Bonchev–Trinajstić information content (AvgIpc) is 3.03. The van der Waals surface area contributed by atoms with Crippen molar-refractivity contribution in [3.63, 3.8) is 0 Å². The number of thiazole rings is 1. The molecule has 0 aliphatic carbocycles. The standard InChI is InChI=1S/C17H16BrN3O3S2/c1-26(22,23)8-7-13-11-25-17(20-13)21-16-15(9-12(18)10-19-16)24-14-5-3-2-4-6-14/h2-6,9-11H,7-8H2,1H3,(H,19,20,21). The smallest absolute Gasteiger partial charge is 0.188 e. The van der Waals surface area contributed by atoms with E-state index in [1.165, 1.54) is 17.6 Å². The van der Waals surface area contributed by atoms with E-state index in [2.05, 4.69) is 31.2 Å². The number of rotatable bonds is 7. The lowest BCUT2D eigenvalue weighted by Gasteiger charge is -2.11. The Morgan fingerprint density at radius 1 is 1.27 bits per heavy atom. The highest BCUT2D eigenvalue weighted by Crippen LogP contribution is 2.33. The Labute approximate surface area is 164 Å². The van der Waals surface area contributed by atoms with Crippen LogP contribution in [0.15, 0.2) is 52.4 Å². The summed E-state index contributed by atoms with van der Waals surface area (Å²) in [5.41, 5.74) is 0.727. The van der Waals surface area contributed by atoms with Crippen LogP contribution in [0.5, 0.6) is 11.5 Å². The van der Waals surface area contributed by atoms with Crippen LogP contribution in [0.1, 0.15) is 5.69 Å². The first-order valence-electron chi connectivity index (χ1n) is 7.67. The van der Waals surface area contributed by atoms with Gasteiger partial charge in [-0.2, -0.15) is 0 Å². The number of halogens is 1. The summed E-state index contributed by atoms with van der Waals surface area (Å²) in [5, 5.41) is 5.60. The lowest BCUT2D eigenvalue weighted by molar-refractivity contribution is 0.482. The summed E-state index contributed by atoms with van der Waals surface area (Å²) < 4.78 is 29.3. The average molecular weight is 454 g/mol. The van der Waals surface area contributed by atoms with Crippen LogP contribution in [0.3, 0.4) is 0 Å². The van der Waals surface area contributed by atoms with Gasteiger partial charge in [-0.15, -0.1) is 11.3 Å². The Morgan fingerprint density at radius 2 is 2.04 bits per heavy atom. The summed E-state index contributed by atoms with van der Waals surface area (Å²) in [6, 6.07) is 11.2. The number of para-hydroxylation sites is 1. The molecule has 0 atom stereocenters. The molecule has 2 aromatic heterocycles. The van der Waals surface area contributed by atoms with E-state index in [9.17, 15) is 8.42 Å². The van der Waals surface area contributed by atoms with E-state index < -0.39 is 9.84 Å². The fourth-order valence-electron chi connectivity index (χ4n) is 2.08. The van der Waals surface area contributed by atoms with Crippen molar-refractivity contribution in [1.29, 1.82) is 0 Å². The van der Waals surface area contributed by atoms with E-state index >= 15 is 0 Å². The first-order chi connectivity index (χ1) is 12.4. The van der Waals surface area contributed by atoms with E-state index in [0.717, 1.165) is 10.2 Å². The van der Waals surface area contributed by atoms with Crippen LogP contribution in [0, 0.1) is 0 Å². The van der Waals surface area contributed by atoms with Crippen molar-refractivity contribution in [2.24, 2.45) is 0 Å². The van der Waals surface area contributed by atoms with Crippen molar-refractivity contribution in [3.8, 4) is 11.5 Å². The zero-order valence-electron chi connectivity index (χ0n) is 13.8. The number of ether oxygens (including phenoxy) is 1. The highest BCUT2D eigenvalue weighted by Gasteiger charge is 2.12. The second kappa shape index (κ2) is 8.15. The normalized spacial score (nSPS) is 11.3. The third kappa shape index (κ3) is 5.52. The molecule has 1 N–H and O–H groups in total. The van der Waals surface area contributed by atoms with E-state index in [1.807, 2.05) is 41.8 Å². The number of aryl methyl sites for hydroxylation is 1. The maximum absolute atomic E-state index is 11.3. The van der Waals surface area contributed by atoms with Crippen molar-refractivity contribution in [2.45, 2.75) is 6.42 Å². The first-order valence-corrected chi connectivity index (χ1v) is 11.4. The minimum Gasteiger partial charge on any atom is -0.453 e. The van der Waals surface area contributed by atoms with Gasteiger partial charge in [0, 0.05) is 34.8 Å². The molecule has 9 heteroatoms. The molecule has 0 amide bonds. The van der Waals surface area contributed by atoms with Gasteiger partial charge in [-0.05, 0) is 28.1 Å². The molecule has 2 heterocycles. The molecule has 26 heavy (non-hydrogen) atoms. The summed E-state index contributed by atoms with van der Waals surface area (Å²) in [4.78, 5) is 8.77.